The van der Waals surface area contributed by atoms with E-state index in [4.69, 9.17) is 4.74 Å². The third-order valence-corrected chi connectivity index (χ3v) is 15.9. The minimum Gasteiger partial charge on any atom is -0.457 e. The van der Waals surface area contributed by atoms with Gasteiger partial charge >= 0.3 is 0 Å². The summed E-state index contributed by atoms with van der Waals surface area (Å²) >= 11 is 0. The van der Waals surface area contributed by atoms with Gasteiger partial charge in [0.1, 0.15) is 11.5 Å². The average Bonchev–Trinajstić information content (AvgIpc) is 3.99. The molecule has 1 heterocycles. The number of hydrogen-bond acceptors (Lipinski definition) is 2. The lowest BCUT2D eigenvalue weighted by atomic mass is 9.64. The standard InChI is InChI=1S/C66H43NO/c1-2-19-43(20-3-1)64-46-21-5-4-18-42(46)34-39-61(64)67(44-35-37-57-51(40-44)49-24-8-12-28-55(49)65(57)53-26-10-6-22-47(53)48-23-7-11-27-54(48)65)45-36-38-58-52(41-45)50-25-9-13-29-56(50)66(58)59-30-14-16-32-62(59)68-63-33-17-15-31-60(63)66/h1-35,37,39-41H,36,38H2. The Bertz CT molecular complexity index is 3760. The van der Waals surface area contributed by atoms with Crippen molar-refractivity contribution in [1.29, 1.82) is 0 Å². The van der Waals surface area contributed by atoms with Crippen LogP contribution in [0.4, 0.5) is 11.4 Å². The number of fused-ring (bicyclic) bond motifs is 19. The van der Waals surface area contributed by atoms with Crippen molar-refractivity contribution in [3.63, 3.8) is 0 Å². The second-order valence-electron chi connectivity index (χ2n) is 18.9. The van der Waals surface area contributed by atoms with Crippen molar-refractivity contribution < 1.29 is 4.74 Å². The van der Waals surface area contributed by atoms with Crippen LogP contribution < -0.4 is 9.64 Å². The second-order valence-corrected chi connectivity index (χ2v) is 18.9. The number of allylic oxidation sites excluding steroid dienone is 4. The minimum atomic E-state index is -0.470. The van der Waals surface area contributed by atoms with Crippen LogP contribution in [0.1, 0.15) is 57.3 Å². The van der Waals surface area contributed by atoms with Gasteiger partial charge in [0, 0.05) is 28.1 Å². The molecule has 0 fully saturated rings. The molecule has 4 aliphatic carbocycles. The molecule has 68 heavy (non-hydrogen) atoms. The molecule has 0 bridgehead atoms. The fourth-order valence-corrected chi connectivity index (χ4v) is 13.4. The van der Waals surface area contributed by atoms with Gasteiger partial charge in [-0.3, -0.25) is 0 Å². The Labute approximate surface area is 396 Å². The van der Waals surface area contributed by atoms with Gasteiger partial charge < -0.3 is 9.64 Å². The second kappa shape index (κ2) is 14.0. The maximum Gasteiger partial charge on any atom is 0.132 e. The third kappa shape index (κ3) is 4.81. The molecule has 0 aromatic heterocycles. The number of para-hydroxylation sites is 2. The molecule has 0 N–H and O–H groups in total. The Kier molecular flexibility index (Phi) is 7.78. The van der Waals surface area contributed by atoms with Gasteiger partial charge in [-0.15, -0.1) is 0 Å². The number of anilines is 2. The fourth-order valence-electron chi connectivity index (χ4n) is 13.4. The van der Waals surface area contributed by atoms with Gasteiger partial charge in [-0.05, 0) is 132 Å². The van der Waals surface area contributed by atoms with E-state index in [9.17, 15) is 0 Å². The maximum absolute atomic E-state index is 6.71. The highest BCUT2D eigenvalue weighted by Crippen LogP contribution is 2.65. The van der Waals surface area contributed by atoms with Gasteiger partial charge in [-0.1, -0.05) is 200 Å². The van der Waals surface area contributed by atoms with E-state index in [1.807, 2.05) is 0 Å². The van der Waals surface area contributed by atoms with Crippen molar-refractivity contribution in [2.45, 2.75) is 23.7 Å². The average molecular weight is 866 g/mol. The molecule has 0 atom stereocenters. The predicted molar refractivity (Wildman–Crippen MR) is 278 cm³/mol. The zero-order valence-corrected chi connectivity index (χ0v) is 37.3. The van der Waals surface area contributed by atoms with Crippen LogP contribution >= 0.6 is 0 Å². The van der Waals surface area contributed by atoms with Crippen LogP contribution in [0.15, 0.2) is 248 Å². The largest absolute Gasteiger partial charge is 0.457 e. The lowest BCUT2D eigenvalue weighted by Gasteiger charge is -2.42. The van der Waals surface area contributed by atoms with E-state index in [0.717, 1.165) is 30.0 Å². The molecule has 10 aromatic carbocycles. The van der Waals surface area contributed by atoms with Crippen molar-refractivity contribution >= 4 is 27.7 Å². The van der Waals surface area contributed by atoms with E-state index in [2.05, 4.69) is 241 Å². The van der Waals surface area contributed by atoms with Crippen LogP contribution in [0.3, 0.4) is 0 Å². The molecule has 0 unspecified atom stereocenters. The van der Waals surface area contributed by atoms with Gasteiger partial charge in [-0.25, -0.2) is 0 Å². The van der Waals surface area contributed by atoms with Gasteiger partial charge in [0.2, 0.25) is 0 Å². The van der Waals surface area contributed by atoms with Crippen molar-refractivity contribution in [3.05, 3.63) is 292 Å². The van der Waals surface area contributed by atoms with Crippen molar-refractivity contribution in [1.82, 2.24) is 0 Å². The molecule has 0 amide bonds. The molecule has 1 aliphatic heterocycles. The summed E-state index contributed by atoms with van der Waals surface area (Å²) < 4.78 is 6.71. The first-order valence-electron chi connectivity index (χ1n) is 24.0. The molecular formula is C66H43NO. The summed E-state index contributed by atoms with van der Waals surface area (Å²) in [6, 6.07) is 85.8. The van der Waals surface area contributed by atoms with E-state index in [1.54, 1.807) is 0 Å². The summed E-state index contributed by atoms with van der Waals surface area (Å²) in [4.78, 5) is 2.61. The highest BCUT2D eigenvalue weighted by atomic mass is 16.5. The zero-order chi connectivity index (χ0) is 44.6. The summed E-state index contributed by atoms with van der Waals surface area (Å²) in [7, 11) is 0. The summed E-state index contributed by atoms with van der Waals surface area (Å²) in [5.74, 6) is 1.86. The van der Waals surface area contributed by atoms with E-state index in [0.29, 0.717) is 0 Å². The summed E-state index contributed by atoms with van der Waals surface area (Å²) in [5, 5.41) is 2.47. The molecule has 2 nitrogen and oxygen atoms in total. The first-order valence-corrected chi connectivity index (χ1v) is 24.0. The molecule has 15 rings (SSSR count). The Morgan fingerprint density at radius 1 is 0.382 bits per heavy atom. The number of ether oxygens (including phenoxy) is 1. The highest BCUT2D eigenvalue weighted by molar-refractivity contribution is 6.06. The van der Waals surface area contributed by atoms with Crippen LogP contribution in [-0.2, 0) is 10.8 Å². The smallest absolute Gasteiger partial charge is 0.132 e. The highest BCUT2D eigenvalue weighted by Gasteiger charge is 2.54. The normalized spacial score (nSPS) is 15.6. The maximum atomic E-state index is 6.71. The number of nitrogens with zero attached hydrogens (tertiary/aromatic N) is 1. The SMILES string of the molecule is C1=C(N(c2ccc3c(c2)-c2ccccc2C32c3ccccc3-c3ccccc32)c2ccc3ccccc3c2-c2ccccc2)CCC2=C1c1ccccc1C21c2ccccc2Oc2ccccc21. The van der Waals surface area contributed by atoms with Gasteiger partial charge in [0.15, 0.2) is 0 Å². The molecule has 2 heteroatoms. The minimum absolute atomic E-state index is 0.414. The summed E-state index contributed by atoms with van der Waals surface area (Å²) in [6.07, 6.45) is 4.27. The third-order valence-electron chi connectivity index (χ3n) is 15.9. The Morgan fingerprint density at radius 2 is 0.897 bits per heavy atom. The van der Waals surface area contributed by atoms with Crippen LogP contribution in [0.2, 0.25) is 0 Å². The molecule has 318 valence electrons. The van der Waals surface area contributed by atoms with Gasteiger partial charge in [-0.2, -0.15) is 0 Å². The van der Waals surface area contributed by atoms with Crippen molar-refractivity contribution in [3.8, 4) is 44.9 Å². The van der Waals surface area contributed by atoms with Crippen LogP contribution in [-0.4, -0.2) is 0 Å². The molecule has 0 radical (unpaired) electrons. The first-order chi connectivity index (χ1) is 33.7. The zero-order valence-electron chi connectivity index (χ0n) is 37.3. The first kappa shape index (κ1) is 37.7. The van der Waals surface area contributed by atoms with E-state index in [1.165, 1.54) is 111 Å². The monoisotopic (exact) mass is 865 g/mol. The molecule has 10 aromatic rings. The van der Waals surface area contributed by atoms with Gasteiger partial charge in [0.05, 0.1) is 16.5 Å². The quantitative estimate of drug-likeness (QED) is 0.175. The van der Waals surface area contributed by atoms with E-state index >= 15 is 0 Å². The lowest BCUT2D eigenvalue weighted by molar-refractivity contribution is 0.431. The Morgan fingerprint density at radius 3 is 1.56 bits per heavy atom. The lowest BCUT2D eigenvalue weighted by Crippen LogP contribution is -2.34. The Balaban J connectivity index is 1.01. The molecule has 2 spiro atoms. The molecular weight excluding hydrogens is 823 g/mol. The van der Waals surface area contributed by atoms with Gasteiger partial charge in [0.25, 0.3) is 0 Å². The van der Waals surface area contributed by atoms with Crippen molar-refractivity contribution in [2.24, 2.45) is 0 Å². The summed E-state index contributed by atoms with van der Waals surface area (Å²) in [5.41, 5.74) is 23.6. The molecule has 0 saturated carbocycles. The van der Waals surface area contributed by atoms with Crippen molar-refractivity contribution in [2.75, 3.05) is 4.90 Å². The summed E-state index contributed by atoms with van der Waals surface area (Å²) in [6.45, 7) is 0. The van der Waals surface area contributed by atoms with Crippen LogP contribution in [0.5, 0.6) is 11.5 Å². The van der Waals surface area contributed by atoms with E-state index < -0.39 is 10.8 Å². The van der Waals surface area contributed by atoms with E-state index in [-0.39, 0.29) is 0 Å². The number of hydrogen-bond donors (Lipinski definition) is 0. The number of rotatable bonds is 4. The van der Waals surface area contributed by atoms with Crippen LogP contribution in [0.25, 0.3) is 49.7 Å². The molecule has 0 saturated heterocycles. The van der Waals surface area contributed by atoms with Crippen LogP contribution in [0, 0.1) is 0 Å². The Hall–Kier alpha value is -8.46. The predicted octanol–water partition coefficient (Wildman–Crippen LogP) is 16.6. The fraction of sp³-hybridized carbons (Fsp3) is 0.0606. The number of benzene rings is 10. The molecule has 5 aliphatic rings. The topological polar surface area (TPSA) is 12.5 Å².